The normalized spacial score (nSPS) is 11.5. The van der Waals surface area contributed by atoms with Crippen molar-refractivity contribution in [3.63, 3.8) is 0 Å². The van der Waals surface area contributed by atoms with Crippen LogP contribution in [0.25, 0.3) is 0 Å². The molecule has 0 bridgehead atoms. The van der Waals surface area contributed by atoms with Crippen LogP contribution in [0.3, 0.4) is 0 Å². The van der Waals surface area contributed by atoms with Gasteiger partial charge in [-0.2, -0.15) is 0 Å². The first-order chi connectivity index (χ1) is 10.8. The molecule has 3 amide bonds. The molecule has 0 aliphatic heterocycles. The average Bonchev–Trinajstić information content (AvgIpc) is 2.46. The molecule has 6 nitrogen and oxygen atoms in total. The van der Waals surface area contributed by atoms with E-state index in [1.54, 1.807) is 6.92 Å². The van der Waals surface area contributed by atoms with Gasteiger partial charge < -0.3 is 10.1 Å². The Morgan fingerprint density at radius 1 is 1.35 bits per heavy atom. The van der Waals surface area contributed by atoms with Crippen LogP contribution in [0.15, 0.2) is 27.6 Å². The van der Waals surface area contributed by atoms with E-state index in [-0.39, 0.29) is 5.75 Å². The van der Waals surface area contributed by atoms with Crippen LogP contribution in [-0.4, -0.2) is 36.3 Å². The van der Waals surface area contributed by atoms with E-state index in [9.17, 15) is 14.4 Å². The summed E-state index contributed by atoms with van der Waals surface area (Å²) in [5.74, 6) is -1.09. The molecule has 2 N–H and O–H groups in total. The Morgan fingerprint density at radius 2 is 2.04 bits per heavy atom. The average molecular weight is 403 g/mol. The summed E-state index contributed by atoms with van der Waals surface area (Å²) in [6.07, 6.45) is -1.03. The predicted molar refractivity (Wildman–Crippen MR) is 92.4 cm³/mol. The summed E-state index contributed by atoms with van der Waals surface area (Å²) >= 11 is 4.71. The smallest absolute Gasteiger partial charge is 0.321 e. The lowest BCUT2D eigenvalue weighted by atomic mass is 10.2. The fraction of sp³-hybridized carbons (Fsp3) is 0.400. The number of thioether (sulfide) groups is 1. The van der Waals surface area contributed by atoms with Crippen molar-refractivity contribution in [2.75, 3.05) is 12.3 Å². The van der Waals surface area contributed by atoms with Gasteiger partial charge in [-0.15, -0.1) is 11.8 Å². The summed E-state index contributed by atoms with van der Waals surface area (Å²) in [4.78, 5) is 35.6. The highest BCUT2D eigenvalue weighted by atomic mass is 79.9. The number of carbonyl (C=O) groups excluding carboxylic acids is 3. The first-order valence-electron chi connectivity index (χ1n) is 7.00. The molecule has 126 valence electrons. The Balaban J connectivity index is 2.43. The highest BCUT2D eigenvalue weighted by Crippen LogP contribution is 2.25. The molecule has 1 aromatic carbocycles. The van der Waals surface area contributed by atoms with Crippen molar-refractivity contribution < 1.29 is 19.1 Å². The van der Waals surface area contributed by atoms with Gasteiger partial charge in [0, 0.05) is 15.9 Å². The van der Waals surface area contributed by atoms with Gasteiger partial charge in [0.2, 0.25) is 0 Å². The molecule has 0 radical (unpaired) electrons. The highest BCUT2D eigenvalue weighted by molar-refractivity contribution is 9.10. The Hall–Kier alpha value is -1.54. The van der Waals surface area contributed by atoms with Crippen LogP contribution < -0.4 is 10.6 Å². The number of hydrogen-bond donors (Lipinski definition) is 2. The van der Waals surface area contributed by atoms with Gasteiger partial charge in [0.25, 0.3) is 5.91 Å². The molecule has 8 heteroatoms. The third-order valence-electron chi connectivity index (χ3n) is 2.73. The zero-order valence-electron chi connectivity index (χ0n) is 13.1. The number of hydrogen-bond acceptors (Lipinski definition) is 5. The Kier molecular flexibility index (Phi) is 8.11. The number of esters is 1. The van der Waals surface area contributed by atoms with Gasteiger partial charge in [-0.05, 0) is 44.5 Å². The number of rotatable bonds is 6. The molecule has 0 aliphatic carbocycles. The quantitative estimate of drug-likeness (QED) is 0.564. The summed E-state index contributed by atoms with van der Waals surface area (Å²) in [5.41, 5.74) is 1.04. The number of carbonyl (C=O) groups is 3. The maximum atomic E-state index is 11.8. The standard InChI is InChI=1S/C15H19BrN2O4S/c1-4-17-15(21)18-14(20)10(3)22-13(19)8-23-12-6-5-11(16)7-9(12)2/h5-7,10H,4,8H2,1-3H3,(H2,17,18,20,21). The molecule has 0 saturated carbocycles. The van der Waals surface area contributed by atoms with E-state index in [4.69, 9.17) is 4.74 Å². The summed E-state index contributed by atoms with van der Waals surface area (Å²) < 4.78 is 5.99. The number of halogens is 1. The first kappa shape index (κ1) is 19.5. The van der Waals surface area contributed by atoms with Gasteiger partial charge in [-0.1, -0.05) is 15.9 Å². The Bertz CT molecular complexity index is 595. The van der Waals surface area contributed by atoms with Gasteiger partial charge in [-0.3, -0.25) is 14.9 Å². The third-order valence-corrected chi connectivity index (χ3v) is 4.38. The number of benzene rings is 1. The van der Waals surface area contributed by atoms with Crippen molar-refractivity contribution in [1.29, 1.82) is 0 Å². The molecule has 0 fully saturated rings. The third kappa shape index (κ3) is 7.04. The van der Waals surface area contributed by atoms with Crippen LogP contribution in [0.5, 0.6) is 0 Å². The molecular weight excluding hydrogens is 384 g/mol. The van der Waals surface area contributed by atoms with Crippen LogP contribution in [0.4, 0.5) is 4.79 Å². The van der Waals surface area contributed by atoms with Crippen molar-refractivity contribution in [3.05, 3.63) is 28.2 Å². The monoisotopic (exact) mass is 402 g/mol. The molecule has 0 heterocycles. The summed E-state index contributed by atoms with van der Waals surface area (Å²) in [5, 5.41) is 4.52. The molecule has 1 rings (SSSR count). The summed E-state index contributed by atoms with van der Waals surface area (Å²) in [6.45, 7) is 5.49. The Labute approximate surface area is 147 Å². The second-order valence-corrected chi connectivity index (χ2v) is 6.61. The topological polar surface area (TPSA) is 84.5 Å². The number of ether oxygens (including phenoxy) is 1. The van der Waals surface area contributed by atoms with E-state index in [1.165, 1.54) is 18.7 Å². The molecule has 1 atom stereocenters. The number of amides is 3. The van der Waals surface area contributed by atoms with E-state index in [0.717, 1.165) is 14.9 Å². The molecule has 23 heavy (non-hydrogen) atoms. The van der Waals surface area contributed by atoms with Crippen molar-refractivity contribution in [2.24, 2.45) is 0 Å². The SMILES string of the molecule is CCNC(=O)NC(=O)C(C)OC(=O)CSc1ccc(Br)cc1C. The van der Waals surface area contributed by atoms with Crippen LogP contribution >= 0.6 is 27.7 Å². The largest absolute Gasteiger partial charge is 0.452 e. The highest BCUT2D eigenvalue weighted by Gasteiger charge is 2.19. The van der Waals surface area contributed by atoms with Crippen molar-refractivity contribution in [1.82, 2.24) is 10.6 Å². The second kappa shape index (κ2) is 9.57. The molecule has 0 aromatic heterocycles. The molecule has 0 spiro atoms. The van der Waals surface area contributed by atoms with Gasteiger partial charge in [0.15, 0.2) is 6.10 Å². The summed E-state index contributed by atoms with van der Waals surface area (Å²) in [7, 11) is 0. The van der Waals surface area contributed by atoms with Crippen LogP contribution in [0, 0.1) is 6.92 Å². The summed E-state index contributed by atoms with van der Waals surface area (Å²) in [6, 6.07) is 5.14. The first-order valence-corrected chi connectivity index (χ1v) is 8.78. The lowest BCUT2D eigenvalue weighted by Gasteiger charge is -2.13. The lowest BCUT2D eigenvalue weighted by Crippen LogP contribution is -2.44. The molecule has 1 aromatic rings. The zero-order chi connectivity index (χ0) is 17.4. The van der Waals surface area contributed by atoms with Gasteiger partial charge in [0.1, 0.15) is 0 Å². The van der Waals surface area contributed by atoms with E-state index in [1.807, 2.05) is 25.1 Å². The van der Waals surface area contributed by atoms with Crippen molar-refractivity contribution in [3.8, 4) is 0 Å². The van der Waals surface area contributed by atoms with Crippen LogP contribution in [0.1, 0.15) is 19.4 Å². The van der Waals surface area contributed by atoms with Crippen LogP contribution in [0.2, 0.25) is 0 Å². The molecule has 0 aliphatic rings. The van der Waals surface area contributed by atoms with Crippen LogP contribution in [-0.2, 0) is 14.3 Å². The minimum Gasteiger partial charge on any atom is -0.452 e. The maximum absolute atomic E-state index is 11.8. The number of aryl methyl sites for hydroxylation is 1. The number of nitrogens with one attached hydrogen (secondary N) is 2. The minimum atomic E-state index is -1.03. The van der Waals surface area contributed by atoms with Gasteiger partial charge in [-0.25, -0.2) is 4.79 Å². The van der Waals surface area contributed by atoms with E-state index >= 15 is 0 Å². The zero-order valence-corrected chi connectivity index (χ0v) is 15.5. The fourth-order valence-electron chi connectivity index (χ4n) is 1.61. The van der Waals surface area contributed by atoms with E-state index in [2.05, 4.69) is 26.6 Å². The maximum Gasteiger partial charge on any atom is 0.321 e. The number of urea groups is 1. The van der Waals surface area contributed by atoms with E-state index < -0.39 is 24.0 Å². The van der Waals surface area contributed by atoms with E-state index in [0.29, 0.717) is 6.54 Å². The lowest BCUT2D eigenvalue weighted by molar-refractivity contribution is -0.151. The van der Waals surface area contributed by atoms with Gasteiger partial charge >= 0.3 is 12.0 Å². The van der Waals surface area contributed by atoms with Crippen molar-refractivity contribution >= 4 is 45.6 Å². The fourth-order valence-corrected chi connectivity index (χ4v) is 2.88. The second-order valence-electron chi connectivity index (χ2n) is 4.68. The minimum absolute atomic E-state index is 0.0846. The molecule has 1 unspecified atom stereocenters. The predicted octanol–water partition coefficient (Wildman–Crippen LogP) is 2.63. The Morgan fingerprint density at radius 3 is 2.65 bits per heavy atom. The van der Waals surface area contributed by atoms with Crippen molar-refractivity contribution in [2.45, 2.75) is 31.8 Å². The molecular formula is C15H19BrN2O4S. The van der Waals surface area contributed by atoms with Gasteiger partial charge in [0.05, 0.1) is 5.75 Å². The number of imide groups is 1. The molecule has 0 saturated heterocycles.